The minimum atomic E-state index is -0.734. The third-order valence-electron chi connectivity index (χ3n) is 1.52. The molecule has 0 aliphatic carbocycles. The Kier molecular flexibility index (Phi) is 7.18. The lowest BCUT2D eigenvalue weighted by molar-refractivity contribution is -0.131. The van der Waals surface area contributed by atoms with E-state index < -0.39 is 36.7 Å². The highest BCUT2D eigenvalue weighted by Gasteiger charge is 2.14. The summed E-state index contributed by atoms with van der Waals surface area (Å²) >= 11 is 0. The van der Waals surface area contributed by atoms with Crippen LogP contribution in [0.25, 0.3) is 0 Å². The van der Waals surface area contributed by atoms with Crippen LogP contribution in [0.3, 0.4) is 0 Å². The van der Waals surface area contributed by atoms with E-state index in [0.29, 0.717) is 5.01 Å². The molecule has 0 unspecified atom stereocenters. The fraction of sp³-hybridized carbons (Fsp3) is 0.500. The Morgan fingerprint density at radius 1 is 0.842 bits per heavy atom. The second-order valence-electron chi connectivity index (χ2n) is 3.36. The van der Waals surface area contributed by atoms with Gasteiger partial charge in [0.05, 0.1) is 5.29 Å². The molecule has 0 aliphatic heterocycles. The zero-order chi connectivity index (χ0) is 14.8. The van der Waals surface area contributed by atoms with Crippen molar-refractivity contribution >= 4 is 23.6 Å². The van der Waals surface area contributed by atoms with Crippen LogP contribution >= 0.6 is 0 Å². The normalized spacial score (nSPS) is 8.95. The van der Waals surface area contributed by atoms with Crippen molar-refractivity contribution in [2.24, 2.45) is 5.29 Å². The Bertz CT molecular complexity index is 352. The maximum Gasteiger partial charge on any atom is 0.259 e. The van der Waals surface area contributed by atoms with E-state index in [0.717, 1.165) is 0 Å². The maximum absolute atomic E-state index is 11.2. The van der Waals surface area contributed by atoms with E-state index in [2.05, 4.69) is 5.29 Å². The fourth-order valence-electron chi connectivity index (χ4n) is 0.840. The molecule has 0 aromatic heterocycles. The summed E-state index contributed by atoms with van der Waals surface area (Å²) in [5.41, 5.74) is 7.98. The van der Waals surface area contributed by atoms with E-state index in [1.54, 1.807) is 0 Å². The van der Waals surface area contributed by atoms with Crippen LogP contribution in [-0.2, 0) is 19.2 Å². The van der Waals surface area contributed by atoms with E-state index in [1.165, 1.54) is 13.8 Å². The van der Waals surface area contributed by atoms with Gasteiger partial charge in [-0.05, 0) is 0 Å². The van der Waals surface area contributed by atoms with Gasteiger partial charge in [-0.2, -0.15) is 0 Å². The van der Waals surface area contributed by atoms with Gasteiger partial charge in [-0.15, -0.1) is 4.91 Å². The maximum atomic E-state index is 11.2. The average molecular weight is 274 g/mol. The molecule has 0 rings (SSSR count). The van der Waals surface area contributed by atoms with Crippen LogP contribution in [0.5, 0.6) is 0 Å². The first-order valence-corrected chi connectivity index (χ1v) is 5.04. The van der Waals surface area contributed by atoms with Crippen molar-refractivity contribution in [1.82, 2.24) is 26.7 Å². The molecule has 11 nitrogen and oxygen atoms in total. The van der Waals surface area contributed by atoms with Crippen LogP contribution < -0.4 is 21.7 Å². The summed E-state index contributed by atoms with van der Waals surface area (Å²) in [7, 11) is 0. The molecule has 106 valence electrons. The number of carbonyl (C=O) groups is 4. The molecule has 0 spiro atoms. The van der Waals surface area contributed by atoms with E-state index in [4.69, 9.17) is 0 Å². The molecule has 0 saturated heterocycles. The zero-order valence-electron chi connectivity index (χ0n) is 10.3. The highest BCUT2D eigenvalue weighted by Crippen LogP contribution is 1.87. The molecule has 0 aromatic rings. The van der Waals surface area contributed by atoms with Crippen LogP contribution in [0.15, 0.2) is 5.29 Å². The SMILES string of the molecule is CC(=O)NNC(=O)CN(CC(=O)NNC(C)=O)N=O. The van der Waals surface area contributed by atoms with Gasteiger partial charge in [0.1, 0.15) is 13.1 Å². The molecular formula is C8H14N6O5. The predicted molar refractivity (Wildman–Crippen MR) is 61.3 cm³/mol. The predicted octanol–water partition coefficient (Wildman–Crippen LogP) is -2.70. The summed E-state index contributed by atoms with van der Waals surface area (Å²) in [4.78, 5) is 53.8. The summed E-state index contributed by atoms with van der Waals surface area (Å²) < 4.78 is 0. The summed E-state index contributed by atoms with van der Waals surface area (Å²) in [5, 5.41) is 3.06. The van der Waals surface area contributed by atoms with Gasteiger partial charge in [-0.1, -0.05) is 0 Å². The number of hydrazine groups is 2. The third-order valence-corrected chi connectivity index (χ3v) is 1.52. The quantitative estimate of drug-likeness (QED) is 0.316. The molecule has 0 aliphatic rings. The summed E-state index contributed by atoms with van der Waals surface area (Å²) in [5.74, 6) is -2.46. The monoisotopic (exact) mass is 274 g/mol. The van der Waals surface area contributed by atoms with Gasteiger partial charge in [0.15, 0.2) is 0 Å². The van der Waals surface area contributed by atoms with Crippen molar-refractivity contribution in [2.45, 2.75) is 13.8 Å². The van der Waals surface area contributed by atoms with Gasteiger partial charge in [-0.3, -0.25) is 40.9 Å². The first-order chi connectivity index (χ1) is 8.85. The fourth-order valence-corrected chi connectivity index (χ4v) is 0.840. The van der Waals surface area contributed by atoms with Gasteiger partial charge < -0.3 is 0 Å². The van der Waals surface area contributed by atoms with Crippen LogP contribution in [0.4, 0.5) is 0 Å². The van der Waals surface area contributed by atoms with E-state index in [-0.39, 0.29) is 0 Å². The number of nitrogens with zero attached hydrogens (tertiary/aromatic N) is 2. The van der Waals surface area contributed by atoms with Crippen LogP contribution in [0.2, 0.25) is 0 Å². The number of hydrogen-bond donors (Lipinski definition) is 4. The number of nitrogens with one attached hydrogen (secondary N) is 4. The smallest absolute Gasteiger partial charge is 0.259 e. The number of amides is 4. The van der Waals surface area contributed by atoms with Gasteiger partial charge >= 0.3 is 0 Å². The molecule has 19 heavy (non-hydrogen) atoms. The van der Waals surface area contributed by atoms with Crippen molar-refractivity contribution in [3.8, 4) is 0 Å². The van der Waals surface area contributed by atoms with E-state index >= 15 is 0 Å². The van der Waals surface area contributed by atoms with Crippen molar-refractivity contribution in [1.29, 1.82) is 0 Å². The Balaban J connectivity index is 4.09. The average Bonchev–Trinajstić information content (AvgIpc) is 2.33. The highest BCUT2D eigenvalue weighted by molar-refractivity contribution is 5.84. The second-order valence-corrected chi connectivity index (χ2v) is 3.36. The van der Waals surface area contributed by atoms with Crippen molar-refractivity contribution in [3.63, 3.8) is 0 Å². The first kappa shape index (κ1) is 16.3. The van der Waals surface area contributed by atoms with Gasteiger partial charge in [0, 0.05) is 13.8 Å². The number of nitroso groups, excluding NO2 is 1. The topological polar surface area (TPSA) is 149 Å². The van der Waals surface area contributed by atoms with Gasteiger partial charge in [0.2, 0.25) is 11.8 Å². The molecule has 0 radical (unpaired) electrons. The van der Waals surface area contributed by atoms with Crippen molar-refractivity contribution < 1.29 is 19.2 Å². The van der Waals surface area contributed by atoms with E-state index in [9.17, 15) is 24.1 Å². The summed E-state index contributed by atoms with van der Waals surface area (Å²) in [6, 6.07) is 0. The molecular weight excluding hydrogens is 260 g/mol. The Labute approximate surface area is 108 Å². The molecule has 4 amide bonds. The standard InChI is InChI=1S/C8H14N6O5/c1-5(15)9-11-7(17)3-14(13-19)4-8(18)12-10-6(2)16/h3-4H2,1-2H3,(H,9,15)(H,10,16)(H,11,17)(H,12,18). The second kappa shape index (κ2) is 8.38. The number of rotatable bonds is 5. The Hall–Kier alpha value is -2.72. The molecule has 0 saturated carbocycles. The van der Waals surface area contributed by atoms with E-state index in [1.807, 2.05) is 21.7 Å². The molecule has 0 atom stereocenters. The molecule has 0 fully saturated rings. The van der Waals surface area contributed by atoms with Crippen LogP contribution in [0.1, 0.15) is 13.8 Å². The molecule has 11 heteroatoms. The minimum absolute atomic E-state index is 0.498. The van der Waals surface area contributed by atoms with Crippen LogP contribution in [-0.4, -0.2) is 41.7 Å². The lowest BCUT2D eigenvalue weighted by atomic mass is 10.5. The van der Waals surface area contributed by atoms with Gasteiger partial charge in [-0.25, -0.2) is 5.01 Å². The lowest BCUT2D eigenvalue weighted by Crippen LogP contribution is -2.48. The third kappa shape index (κ3) is 9.02. The van der Waals surface area contributed by atoms with Gasteiger partial charge in [0.25, 0.3) is 11.8 Å². The minimum Gasteiger partial charge on any atom is -0.274 e. The summed E-state index contributed by atoms with van der Waals surface area (Å²) in [6.07, 6.45) is 0. The largest absolute Gasteiger partial charge is 0.274 e. The molecule has 0 bridgehead atoms. The Morgan fingerprint density at radius 2 is 1.21 bits per heavy atom. The first-order valence-electron chi connectivity index (χ1n) is 5.04. The summed E-state index contributed by atoms with van der Waals surface area (Å²) in [6.45, 7) is 1.29. The van der Waals surface area contributed by atoms with Crippen molar-refractivity contribution in [2.75, 3.05) is 13.1 Å². The Morgan fingerprint density at radius 3 is 1.47 bits per heavy atom. The van der Waals surface area contributed by atoms with Crippen molar-refractivity contribution in [3.05, 3.63) is 4.91 Å². The molecule has 0 heterocycles. The number of hydrogen-bond acceptors (Lipinski definition) is 6. The number of carbonyl (C=O) groups excluding carboxylic acids is 4. The molecule has 0 aromatic carbocycles. The zero-order valence-corrected chi connectivity index (χ0v) is 10.3. The van der Waals surface area contributed by atoms with Crippen LogP contribution in [0, 0.1) is 4.91 Å². The lowest BCUT2D eigenvalue weighted by Gasteiger charge is -2.14. The molecule has 4 N–H and O–H groups in total. The highest BCUT2D eigenvalue weighted by atomic mass is 16.3.